The maximum Gasteiger partial charge on any atom is 0.136 e. The predicted octanol–water partition coefficient (Wildman–Crippen LogP) is 3.92. The average Bonchev–Trinajstić information content (AvgIpc) is 3.04. The van der Waals surface area contributed by atoms with Gasteiger partial charge in [-0.3, -0.25) is 4.79 Å². The smallest absolute Gasteiger partial charge is 0.136 e. The number of rotatable bonds is 4. The first-order valence-corrected chi connectivity index (χ1v) is 8.55. The third-order valence-electron chi connectivity index (χ3n) is 6.46. The van der Waals surface area contributed by atoms with Gasteiger partial charge in [-0.2, -0.15) is 0 Å². The Hall–Kier alpha value is -1.15. The fourth-order valence-corrected chi connectivity index (χ4v) is 5.39. The van der Waals surface area contributed by atoms with E-state index in [1.807, 2.05) is 0 Å². The van der Waals surface area contributed by atoms with Crippen molar-refractivity contribution in [2.75, 3.05) is 6.61 Å². The van der Waals surface area contributed by atoms with Gasteiger partial charge in [-0.25, -0.2) is 0 Å². The largest absolute Gasteiger partial charge is 0.395 e. The Morgan fingerprint density at radius 2 is 2.09 bits per heavy atom. The van der Waals surface area contributed by atoms with E-state index in [-0.39, 0.29) is 23.9 Å². The highest BCUT2D eigenvalue weighted by Gasteiger charge is 2.67. The number of carbonyl (C=O) groups is 1. The van der Waals surface area contributed by atoms with Crippen LogP contribution in [0.15, 0.2) is 35.5 Å². The second kappa shape index (κ2) is 5.49. The molecule has 2 bridgehead atoms. The van der Waals surface area contributed by atoms with Crippen molar-refractivity contribution in [3.63, 3.8) is 0 Å². The molecule has 2 heteroatoms. The Morgan fingerprint density at radius 3 is 2.73 bits per heavy atom. The van der Waals surface area contributed by atoms with Crippen molar-refractivity contribution < 1.29 is 9.90 Å². The molecule has 0 radical (unpaired) electrons. The number of hydrogen-bond donors (Lipinski definition) is 1. The number of carbonyl (C=O) groups excluding carboxylic acids is 1. The first kappa shape index (κ1) is 15.7. The van der Waals surface area contributed by atoms with Crippen LogP contribution in [0.5, 0.6) is 0 Å². The van der Waals surface area contributed by atoms with Crippen LogP contribution in [0, 0.1) is 35.0 Å². The maximum absolute atomic E-state index is 12.4. The minimum atomic E-state index is -0.145. The maximum atomic E-state index is 12.4. The Balaban J connectivity index is 1.89. The molecule has 0 aromatic carbocycles. The third kappa shape index (κ3) is 2.07. The Bertz CT molecular complexity index is 564. The summed E-state index contributed by atoms with van der Waals surface area (Å²) < 4.78 is 0. The zero-order valence-electron chi connectivity index (χ0n) is 14.2. The summed E-state index contributed by atoms with van der Waals surface area (Å²) in [6, 6.07) is 0. The summed E-state index contributed by atoms with van der Waals surface area (Å²) in [5.41, 5.74) is 2.54. The summed E-state index contributed by atoms with van der Waals surface area (Å²) >= 11 is 0. The molecule has 0 saturated heterocycles. The summed E-state index contributed by atoms with van der Waals surface area (Å²) in [6.45, 7) is 8.81. The first-order chi connectivity index (χ1) is 10.4. The van der Waals surface area contributed by atoms with Gasteiger partial charge in [0.15, 0.2) is 0 Å². The van der Waals surface area contributed by atoms with Crippen LogP contribution in [0.25, 0.3) is 0 Å². The van der Waals surface area contributed by atoms with Crippen molar-refractivity contribution in [3.8, 4) is 0 Å². The van der Waals surface area contributed by atoms with Gasteiger partial charge >= 0.3 is 0 Å². The van der Waals surface area contributed by atoms with E-state index in [0.717, 1.165) is 6.42 Å². The molecular formula is C20H28O2. The van der Waals surface area contributed by atoms with Crippen LogP contribution in [0.1, 0.15) is 40.5 Å². The summed E-state index contributed by atoms with van der Waals surface area (Å²) in [7, 11) is 0. The predicted molar refractivity (Wildman–Crippen MR) is 89.2 cm³/mol. The molecule has 0 aromatic heterocycles. The average molecular weight is 300 g/mol. The van der Waals surface area contributed by atoms with Crippen LogP contribution >= 0.6 is 0 Å². The van der Waals surface area contributed by atoms with Gasteiger partial charge < -0.3 is 5.11 Å². The number of Topliss-reactive ketones (excluding diaryl/α,β-unsaturated/α-hetero) is 1. The summed E-state index contributed by atoms with van der Waals surface area (Å²) in [5.74, 6) is 1.93. The molecule has 3 rings (SSSR count). The molecule has 0 amide bonds. The lowest BCUT2D eigenvalue weighted by atomic mass is 9.65. The fraction of sp³-hybridized carbons (Fsp3) is 0.650. The molecule has 0 spiro atoms. The molecule has 6 atom stereocenters. The second-order valence-corrected chi connectivity index (χ2v) is 7.81. The third-order valence-corrected chi connectivity index (χ3v) is 6.46. The second-order valence-electron chi connectivity index (χ2n) is 7.81. The molecule has 120 valence electrons. The van der Waals surface area contributed by atoms with Crippen molar-refractivity contribution in [2.24, 2.45) is 35.0 Å². The Labute approximate surface area is 134 Å². The van der Waals surface area contributed by atoms with Gasteiger partial charge in [0.05, 0.1) is 6.61 Å². The summed E-state index contributed by atoms with van der Waals surface area (Å²) in [5, 5.41) is 10.1. The van der Waals surface area contributed by atoms with E-state index in [1.54, 1.807) is 0 Å². The molecule has 3 aliphatic carbocycles. The van der Waals surface area contributed by atoms with Gasteiger partial charge in [0.1, 0.15) is 5.78 Å². The lowest BCUT2D eigenvalue weighted by molar-refractivity contribution is -0.126. The highest BCUT2D eigenvalue weighted by atomic mass is 16.3. The van der Waals surface area contributed by atoms with Crippen molar-refractivity contribution in [1.82, 2.24) is 0 Å². The monoisotopic (exact) mass is 300 g/mol. The molecule has 2 fully saturated rings. The van der Waals surface area contributed by atoms with Crippen LogP contribution in [-0.4, -0.2) is 17.5 Å². The molecule has 2 saturated carbocycles. The zero-order valence-corrected chi connectivity index (χ0v) is 14.2. The van der Waals surface area contributed by atoms with Gasteiger partial charge in [0, 0.05) is 23.7 Å². The minimum absolute atomic E-state index is 0.143. The van der Waals surface area contributed by atoms with E-state index in [9.17, 15) is 9.90 Å². The molecule has 3 aliphatic rings. The van der Waals surface area contributed by atoms with Crippen molar-refractivity contribution in [3.05, 3.63) is 35.5 Å². The number of allylic oxidation sites excluding steroid dienone is 5. The SMILES string of the molecule is CC(C)=CC/C=C(/C)[C@@H]1C=CC2(CO)C1[C@@H]1C(=O)C[C@H]2C1C. The topological polar surface area (TPSA) is 37.3 Å². The number of ketones is 1. The zero-order chi connectivity index (χ0) is 16.1. The molecule has 22 heavy (non-hydrogen) atoms. The van der Waals surface area contributed by atoms with Crippen molar-refractivity contribution in [2.45, 2.75) is 40.5 Å². The van der Waals surface area contributed by atoms with Crippen LogP contribution in [0.4, 0.5) is 0 Å². The highest BCUT2D eigenvalue weighted by molar-refractivity contribution is 5.86. The van der Waals surface area contributed by atoms with Crippen LogP contribution in [-0.2, 0) is 4.79 Å². The van der Waals surface area contributed by atoms with E-state index in [2.05, 4.69) is 52.0 Å². The van der Waals surface area contributed by atoms with Crippen LogP contribution < -0.4 is 0 Å². The van der Waals surface area contributed by atoms with E-state index < -0.39 is 0 Å². The normalized spacial score (nSPS) is 42.9. The molecule has 0 aromatic rings. The van der Waals surface area contributed by atoms with Crippen molar-refractivity contribution >= 4 is 5.78 Å². The molecule has 3 unspecified atom stereocenters. The van der Waals surface area contributed by atoms with Crippen LogP contribution in [0.2, 0.25) is 0 Å². The highest BCUT2D eigenvalue weighted by Crippen LogP contribution is 2.67. The van der Waals surface area contributed by atoms with E-state index in [1.165, 1.54) is 11.1 Å². The lowest BCUT2D eigenvalue weighted by Gasteiger charge is -2.39. The Kier molecular flexibility index (Phi) is 3.92. The van der Waals surface area contributed by atoms with Gasteiger partial charge in [0.2, 0.25) is 0 Å². The molecule has 0 heterocycles. The number of aliphatic hydroxyl groups is 1. The lowest BCUT2D eigenvalue weighted by Crippen LogP contribution is -2.41. The van der Waals surface area contributed by atoms with Gasteiger partial charge in [-0.15, -0.1) is 0 Å². The van der Waals surface area contributed by atoms with Crippen molar-refractivity contribution in [1.29, 1.82) is 0 Å². The Morgan fingerprint density at radius 1 is 1.36 bits per heavy atom. The summed E-state index contributed by atoms with van der Waals surface area (Å²) in [4.78, 5) is 12.4. The van der Waals surface area contributed by atoms with Gasteiger partial charge in [-0.1, -0.05) is 42.4 Å². The quantitative estimate of drug-likeness (QED) is 0.799. The minimum Gasteiger partial charge on any atom is -0.395 e. The molecule has 1 N–H and O–H groups in total. The standard InChI is InChI=1S/C20H28O2/c1-12(2)6-5-7-13(3)15-8-9-20(11-21)16-10-17(22)18(14(16)4)19(15)20/h6-9,14-16,18-19,21H,5,10-11H2,1-4H3/b13-7-/t14?,15-,16-,18-,19?,20?/m0/s1. The molecule has 2 nitrogen and oxygen atoms in total. The number of aliphatic hydroxyl groups excluding tert-OH is 1. The molecule has 0 aliphatic heterocycles. The van der Waals surface area contributed by atoms with E-state index in [4.69, 9.17) is 0 Å². The first-order valence-electron chi connectivity index (χ1n) is 8.55. The number of fused-ring (bicyclic) bond motifs is 5. The van der Waals surface area contributed by atoms with E-state index in [0.29, 0.717) is 30.0 Å². The fourth-order valence-electron chi connectivity index (χ4n) is 5.39. The van der Waals surface area contributed by atoms with Crippen LogP contribution in [0.3, 0.4) is 0 Å². The van der Waals surface area contributed by atoms with Gasteiger partial charge in [0.25, 0.3) is 0 Å². The number of hydrogen-bond acceptors (Lipinski definition) is 2. The summed E-state index contributed by atoms with van der Waals surface area (Å²) in [6.07, 6.45) is 10.6. The van der Waals surface area contributed by atoms with E-state index >= 15 is 0 Å². The van der Waals surface area contributed by atoms with Gasteiger partial charge in [-0.05, 0) is 44.9 Å². The molecular weight excluding hydrogens is 272 g/mol.